The van der Waals surface area contributed by atoms with Crippen LogP contribution in [0.2, 0.25) is 0 Å². The van der Waals surface area contributed by atoms with Crippen molar-refractivity contribution in [1.29, 1.82) is 0 Å². The van der Waals surface area contributed by atoms with Gasteiger partial charge in [-0.3, -0.25) is 14.4 Å². The van der Waals surface area contributed by atoms with Gasteiger partial charge in [0, 0.05) is 31.9 Å². The molecule has 2 aliphatic heterocycles. The first-order chi connectivity index (χ1) is 25.4. The van der Waals surface area contributed by atoms with Gasteiger partial charge < -0.3 is 10.1 Å². The number of imide groups is 2. The Labute approximate surface area is 321 Å². The van der Waals surface area contributed by atoms with Crippen molar-refractivity contribution in [2.24, 2.45) is 9.33 Å². The summed E-state index contributed by atoms with van der Waals surface area (Å²) in [6.45, 7) is 2.43. The first-order valence-corrected chi connectivity index (χ1v) is 19.7. The molecule has 4 atom stereocenters. The number of nitrogens with one attached hydrogen (secondary N) is 5. The van der Waals surface area contributed by atoms with Crippen molar-refractivity contribution in [1.82, 2.24) is 36.4 Å². The van der Waals surface area contributed by atoms with Crippen molar-refractivity contribution in [3.8, 4) is 0 Å². The Morgan fingerprint density at radius 2 is 1.13 bits per heavy atom. The van der Waals surface area contributed by atoms with Crippen LogP contribution >= 0.6 is 42.0 Å². The van der Waals surface area contributed by atoms with Crippen LogP contribution in [0, 0.1) is 0 Å². The summed E-state index contributed by atoms with van der Waals surface area (Å²) in [5.74, 6) is -3.71. The molecule has 0 saturated carbocycles. The molecule has 2 aliphatic rings. The van der Waals surface area contributed by atoms with Gasteiger partial charge in [-0.25, -0.2) is 0 Å². The number of likely N-dealkylation sites (tertiary alicyclic amines) is 2. The summed E-state index contributed by atoms with van der Waals surface area (Å²) < 4.78 is 12.6. The average Bonchev–Trinajstić information content (AvgIpc) is 3.55. The van der Waals surface area contributed by atoms with Crippen molar-refractivity contribution in [2.75, 3.05) is 52.5 Å². The monoisotopic (exact) mass is 815 g/mol. The van der Waals surface area contributed by atoms with E-state index in [1.165, 1.54) is 12.7 Å². The van der Waals surface area contributed by atoms with Crippen LogP contribution in [-0.2, 0) is 47.9 Å². The van der Waals surface area contributed by atoms with E-state index in [4.69, 9.17) is 4.74 Å². The zero-order chi connectivity index (χ0) is 39.2. The fraction of sp³-hybridized carbons (Fsp3) is 0.679. The van der Waals surface area contributed by atoms with E-state index in [2.05, 4.69) is 54.7 Å². The Morgan fingerprint density at radius 3 is 1.53 bits per heavy atom. The molecule has 4 unspecified atom stereocenters. The first kappa shape index (κ1) is 46.0. The summed E-state index contributed by atoms with van der Waals surface area (Å²) in [7, 11) is 4.28. The van der Waals surface area contributed by atoms with Crippen LogP contribution in [0.25, 0.3) is 0 Å². The number of ether oxygens (including phenoxy) is 1. The van der Waals surface area contributed by atoms with E-state index < -0.39 is 46.1 Å². The summed E-state index contributed by atoms with van der Waals surface area (Å²) in [4.78, 5) is 114. The standard InChI is InChI=1S/C28H45B2N9O10P2S2/c1-2-49-12-5-22(42)35-17(13-23(43)33-8-6-31-20(40)3-10-38-25(45)15-18(27(38)47)52-29-36-50)14-24(44)34-9-7-32-21(41)4-11-39-26(46)16-19(28(39)48)53-30-37-51/h17-19H,2-16,50-51H2,1H3,(H,31,40)(H,32,41)(H,33,43)(H,34,44)(H,35,42). The molecule has 0 aliphatic carbocycles. The van der Waals surface area contributed by atoms with Crippen LogP contribution in [0.15, 0.2) is 9.33 Å². The molecule has 0 bridgehead atoms. The van der Waals surface area contributed by atoms with Gasteiger partial charge in [-0.05, 0) is 6.92 Å². The van der Waals surface area contributed by atoms with Gasteiger partial charge in [0.25, 0.3) is 0 Å². The summed E-state index contributed by atoms with van der Waals surface area (Å²) in [5.41, 5.74) is 0. The number of rotatable bonds is 25. The molecule has 2 heterocycles. The molecule has 5 N–H and O–H groups in total. The second kappa shape index (κ2) is 25.8. The molecule has 0 aromatic heterocycles. The summed E-state index contributed by atoms with van der Waals surface area (Å²) in [6, 6.07) is -0.868. The topological polar surface area (TPSA) is 254 Å². The second-order valence-electron chi connectivity index (χ2n) is 11.5. The van der Waals surface area contributed by atoms with Crippen molar-refractivity contribution < 1.29 is 47.9 Å². The van der Waals surface area contributed by atoms with Crippen LogP contribution in [0.3, 0.4) is 0 Å². The minimum atomic E-state index is -0.868. The molecule has 290 valence electrons. The fourth-order valence-corrected chi connectivity index (χ4v) is 6.81. The van der Waals surface area contributed by atoms with E-state index in [1.807, 2.05) is 0 Å². The number of hydrogen-bond acceptors (Lipinski definition) is 14. The van der Waals surface area contributed by atoms with E-state index in [0.29, 0.717) is 6.61 Å². The normalized spacial score (nSPS) is 17.6. The van der Waals surface area contributed by atoms with E-state index in [1.54, 1.807) is 6.92 Å². The summed E-state index contributed by atoms with van der Waals surface area (Å²) >= 11 is 2.26. The zero-order valence-electron chi connectivity index (χ0n) is 29.3. The van der Waals surface area contributed by atoms with Crippen molar-refractivity contribution in [2.45, 2.75) is 68.4 Å². The van der Waals surface area contributed by atoms with Crippen molar-refractivity contribution >= 4 is 108 Å². The molecule has 25 heteroatoms. The molecule has 0 radical (unpaired) electrons. The van der Waals surface area contributed by atoms with Crippen LogP contribution in [0.4, 0.5) is 0 Å². The molecule has 2 rings (SSSR count). The summed E-state index contributed by atoms with van der Waals surface area (Å²) in [6.07, 6.45) is 2.31. The van der Waals surface area contributed by atoms with Gasteiger partial charge in [0.15, 0.2) is 0 Å². The molecule has 53 heavy (non-hydrogen) atoms. The molecular weight excluding hydrogens is 770 g/mol. The Bertz CT molecular complexity index is 1330. The van der Waals surface area contributed by atoms with E-state index in [0.717, 1.165) is 33.0 Å². The molecule has 2 fully saturated rings. The third kappa shape index (κ3) is 17.7. The molecule has 0 spiro atoms. The van der Waals surface area contributed by atoms with Crippen LogP contribution in [0.5, 0.6) is 0 Å². The Kier molecular flexibility index (Phi) is 22.4. The van der Waals surface area contributed by atoms with Crippen LogP contribution < -0.4 is 26.6 Å². The third-order valence-electron chi connectivity index (χ3n) is 7.55. The maximum absolute atomic E-state index is 12.7. The Morgan fingerprint density at radius 1 is 0.717 bits per heavy atom. The van der Waals surface area contributed by atoms with Gasteiger partial charge in [-0.1, -0.05) is 0 Å². The quantitative estimate of drug-likeness (QED) is 0.0286. The number of nitrogens with zero attached hydrogens (tertiary/aromatic N) is 4. The number of amides is 9. The molecule has 0 aromatic carbocycles. The second-order valence-corrected chi connectivity index (χ2v) is 14.2. The van der Waals surface area contributed by atoms with Crippen molar-refractivity contribution in [3.05, 3.63) is 0 Å². The number of hydrogen-bond donors (Lipinski definition) is 5. The van der Waals surface area contributed by atoms with Gasteiger partial charge in [-0.15, -0.1) is 0 Å². The maximum atomic E-state index is 12.7. The van der Waals surface area contributed by atoms with Gasteiger partial charge in [0.2, 0.25) is 5.91 Å². The SMILES string of the molecule is CCOCCC(=O)NC(CC(=O)NCCNC(=O)CCN1C(=O)CC(S/B=N/P)C1=O)CC(=O)NCCNC(=O)CCN1C(=O)CC(S/B=N/P)C1=O. The van der Waals surface area contributed by atoms with Gasteiger partial charge in [-0.2, -0.15) is 0 Å². The van der Waals surface area contributed by atoms with Gasteiger partial charge >= 0.3 is 247 Å². The number of carbonyl (C=O) groups excluding carboxylic acids is 9. The zero-order valence-corrected chi connectivity index (χ0v) is 33.3. The molecular formula is C28H45B2N9O10P2S2. The van der Waals surface area contributed by atoms with E-state index in [-0.39, 0.29) is 114 Å². The van der Waals surface area contributed by atoms with E-state index >= 15 is 0 Å². The fourth-order valence-electron chi connectivity index (χ4n) is 4.99. The summed E-state index contributed by atoms with van der Waals surface area (Å²) in [5, 5.41) is 12.0. The van der Waals surface area contributed by atoms with Gasteiger partial charge in [0.1, 0.15) is 0 Å². The van der Waals surface area contributed by atoms with Crippen molar-refractivity contribution in [3.63, 3.8) is 0 Å². The minimum absolute atomic E-state index is 0.0200. The molecule has 9 amide bonds. The molecule has 2 saturated heterocycles. The van der Waals surface area contributed by atoms with E-state index in [9.17, 15) is 43.2 Å². The molecule has 0 aromatic rings. The predicted molar refractivity (Wildman–Crippen MR) is 205 cm³/mol. The Balaban J connectivity index is 1.72. The van der Waals surface area contributed by atoms with Crippen LogP contribution in [-0.4, -0.2) is 145 Å². The van der Waals surface area contributed by atoms with Gasteiger partial charge in [0.05, 0.1) is 6.61 Å². The Hall–Kier alpha value is -3.12. The van der Waals surface area contributed by atoms with Crippen LogP contribution in [0.1, 0.15) is 51.9 Å². The predicted octanol–water partition coefficient (Wildman–Crippen LogP) is -2.17. The first-order valence-electron chi connectivity index (χ1n) is 16.8. The average molecular weight is 815 g/mol. The number of carbonyl (C=O) groups is 9. The molecule has 19 nitrogen and oxygen atoms in total. The third-order valence-corrected chi connectivity index (χ3v) is 10.2.